The van der Waals surface area contributed by atoms with Gasteiger partial charge in [0.25, 0.3) is 0 Å². The second-order valence-corrected chi connectivity index (χ2v) is 5.08. The number of benzene rings is 1. The van der Waals surface area contributed by atoms with Crippen molar-refractivity contribution in [3.05, 3.63) is 24.3 Å². The second kappa shape index (κ2) is 9.46. The lowest BCUT2D eigenvalue weighted by Crippen LogP contribution is -1.94. The first-order chi connectivity index (χ1) is 9.73. The van der Waals surface area contributed by atoms with Gasteiger partial charge >= 0.3 is 0 Å². The summed E-state index contributed by atoms with van der Waals surface area (Å²) in [5.74, 6) is 0. The van der Waals surface area contributed by atoms with Crippen molar-refractivity contribution in [3.8, 4) is 0 Å². The van der Waals surface area contributed by atoms with Crippen LogP contribution in [-0.2, 0) is 0 Å². The molecule has 1 aromatic carbocycles. The zero-order valence-corrected chi connectivity index (χ0v) is 13.4. The minimum absolute atomic E-state index is 1.03. The van der Waals surface area contributed by atoms with E-state index in [1.54, 1.807) is 0 Å². The molecule has 0 atom stereocenters. The number of nitrogens with zero attached hydrogens (tertiary/aromatic N) is 2. The molecule has 0 radical (unpaired) electrons. The van der Waals surface area contributed by atoms with Crippen LogP contribution in [0.1, 0.15) is 66.2 Å². The smallest absolute Gasteiger partial charge is 0.0630 e. The summed E-state index contributed by atoms with van der Waals surface area (Å²) < 4.78 is 0. The molecule has 0 aliphatic heterocycles. The van der Waals surface area contributed by atoms with Gasteiger partial charge in [0.2, 0.25) is 0 Å². The Labute approximate surface area is 124 Å². The first kappa shape index (κ1) is 16.6. The molecule has 0 spiro atoms. The number of hydrogen-bond acceptors (Lipinski definition) is 2. The van der Waals surface area contributed by atoms with Gasteiger partial charge in [-0.05, 0) is 49.9 Å². The molecule has 2 heteroatoms. The van der Waals surface area contributed by atoms with Crippen LogP contribution in [0.3, 0.4) is 0 Å². The number of rotatable bonds is 8. The Balaban J connectivity index is 2.83. The molecular formula is C18H28N2. The third kappa shape index (κ3) is 5.68. The normalized spacial score (nSPS) is 12.8. The highest BCUT2D eigenvalue weighted by atomic mass is 14.8. The van der Waals surface area contributed by atoms with Gasteiger partial charge in [-0.3, -0.25) is 9.98 Å². The third-order valence-electron chi connectivity index (χ3n) is 3.32. The number of aliphatic imine (C=N–C) groups is 2. The lowest BCUT2D eigenvalue weighted by atomic mass is 10.1. The van der Waals surface area contributed by atoms with Crippen LogP contribution in [0.4, 0.5) is 11.4 Å². The molecule has 1 rings (SSSR count). The molecule has 0 aliphatic rings. The van der Waals surface area contributed by atoms with Crippen LogP contribution in [0.5, 0.6) is 0 Å². The van der Waals surface area contributed by atoms with Crippen LogP contribution in [0.25, 0.3) is 0 Å². The van der Waals surface area contributed by atoms with Crippen LogP contribution in [0, 0.1) is 0 Å². The van der Waals surface area contributed by atoms with Gasteiger partial charge in [0.1, 0.15) is 0 Å². The summed E-state index contributed by atoms with van der Waals surface area (Å²) in [5, 5.41) is 0. The van der Waals surface area contributed by atoms with Gasteiger partial charge in [0, 0.05) is 11.4 Å². The minimum atomic E-state index is 1.03. The Kier molecular flexibility index (Phi) is 7.86. The van der Waals surface area contributed by atoms with E-state index in [-0.39, 0.29) is 0 Å². The van der Waals surface area contributed by atoms with Crippen molar-refractivity contribution in [2.45, 2.75) is 66.2 Å². The van der Waals surface area contributed by atoms with E-state index in [0.717, 1.165) is 49.9 Å². The molecule has 0 unspecified atom stereocenters. The fraction of sp³-hybridized carbons (Fsp3) is 0.556. The molecule has 1 aromatic rings. The van der Waals surface area contributed by atoms with Crippen LogP contribution >= 0.6 is 0 Å². The van der Waals surface area contributed by atoms with E-state index >= 15 is 0 Å². The van der Waals surface area contributed by atoms with Crippen LogP contribution in [0.2, 0.25) is 0 Å². The highest BCUT2D eigenvalue weighted by Crippen LogP contribution is 2.21. The average molecular weight is 272 g/mol. The van der Waals surface area contributed by atoms with Gasteiger partial charge in [0.15, 0.2) is 0 Å². The summed E-state index contributed by atoms with van der Waals surface area (Å²) in [6, 6.07) is 8.29. The maximum Gasteiger partial charge on any atom is 0.0630 e. The van der Waals surface area contributed by atoms with Crippen molar-refractivity contribution in [3.63, 3.8) is 0 Å². The van der Waals surface area contributed by atoms with E-state index in [2.05, 4.69) is 52.0 Å². The summed E-state index contributed by atoms with van der Waals surface area (Å²) in [6.45, 7) is 8.74. The van der Waals surface area contributed by atoms with Gasteiger partial charge in [-0.25, -0.2) is 0 Å². The van der Waals surface area contributed by atoms with E-state index in [4.69, 9.17) is 9.98 Å². The average Bonchev–Trinajstić information content (AvgIpc) is 2.48. The molecule has 0 bridgehead atoms. The van der Waals surface area contributed by atoms with Gasteiger partial charge in [-0.2, -0.15) is 0 Å². The fourth-order valence-corrected chi connectivity index (χ4v) is 2.17. The minimum Gasteiger partial charge on any atom is -0.258 e. The summed E-state index contributed by atoms with van der Waals surface area (Å²) >= 11 is 0. The molecule has 0 amide bonds. The summed E-state index contributed by atoms with van der Waals surface area (Å²) in [6.07, 6.45) is 6.56. The standard InChI is InChI=1S/C18H28N2/c1-5-9-15(7-3)19-17-11-13-18(14-12-17)20-16(8-4)10-6-2/h11-14H,5-10H2,1-4H3. The van der Waals surface area contributed by atoms with E-state index < -0.39 is 0 Å². The first-order valence-corrected chi connectivity index (χ1v) is 7.96. The Hall–Kier alpha value is -1.44. The van der Waals surface area contributed by atoms with Crippen molar-refractivity contribution < 1.29 is 0 Å². The van der Waals surface area contributed by atoms with Gasteiger partial charge in [0.05, 0.1) is 11.4 Å². The fourth-order valence-electron chi connectivity index (χ4n) is 2.17. The Bertz CT molecular complexity index is 398. The van der Waals surface area contributed by atoms with Crippen molar-refractivity contribution >= 4 is 22.8 Å². The molecule has 0 saturated carbocycles. The third-order valence-corrected chi connectivity index (χ3v) is 3.32. The number of hydrogen-bond donors (Lipinski definition) is 0. The molecule has 0 fully saturated rings. The molecule has 2 nitrogen and oxygen atoms in total. The Morgan fingerprint density at radius 2 is 1.05 bits per heavy atom. The zero-order chi connectivity index (χ0) is 14.8. The van der Waals surface area contributed by atoms with Crippen LogP contribution < -0.4 is 0 Å². The van der Waals surface area contributed by atoms with E-state index in [1.807, 2.05) is 0 Å². The molecule has 110 valence electrons. The highest BCUT2D eigenvalue weighted by Gasteiger charge is 1.98. The molecule has 0 N–H and O–H groups in total. The first-order valence-electron chi connectivity index (χ1n) is 7.96. The Morgan fingerprint density at radius 3 is 1.30 bits per heavy atom. The molecule has 0 aliphatic carbocycles. The molecule has 0 aromatic heterocycles. The second-order valence-electron chi connectivity index (χ2n) is 5.08. The van der Waals surface area contributed by atoms with E-state index in [1.165, 1.54) is 11.4 Å². The van der Waals surface area contributed by atoms with E-state index in [0.29, 0.717) is 0 Å². The van der Waals surface area contributed by atoms with Gasteiger partial charge < -0.3 is 0 Å². The van der Waals surface area contributed by atoms with E-state index in [9.17, 15) is 0 Å². The highest BCUT2D eigenvalue weighted by molar-refractivity contribution is 5.87. The maximum absolute atomic E-state index is 4.71. The van der Waals surface area contributed by atoms with Crippen LogP contribution in [-0.4, -0.2) is 11.4 Å². The Morgan fingerprint density at radius 1 is 0.700 bits per heavy atom. The summed E-state index contributed by atoms with van der Waals surface area (Å²) in [7, 11) is 0. The molecule has 0 heterocycles. The SMILES string of the molecule is CCCC(CC)=Nc1ccc(N=C(CC)CCC)cc1. The van der Waals surface area contributed by atoms with Gasteiger partial charge in [-0.1, -0.05) is 40.5 Å². The molecule has 0 saturated heterocycles. The molecule has 20 heavy (non-hydrogen) atoms. The maximum atomic E-state index is 4.71. The molecular weight excluding hydrogens is 244 g/mol. The lowest BCUT2D eigenvalue weighted by Gasteiger charge is -2.04. The van der Waals surface area contributed by atoms with Gasteiger partial charge in [-0.15, -0.1) is 0 Å². The van der Waals surface area contributed by atoms with Crippen LogP contribution in [0.15, 0.2) is 34.3 Å². The van der Waals surface area contributed by atoms with Crippen molar-refractivity contribution in [1.29, 1.82) is 0 Å². The zero-order valence-electron chi connectivity index (χ0n) is 13.4. The monoisotopic (exact) mass is 272 g/mol. The van der Waals surface area contributed by atoms with Crippen molar-refractivity contribution in [2.75, 3.05) is 0 Å². The quantitative estimate of drug-likeness (QED) is 0.499. The predicted molar refractivity (Wildman–Crippen MR) is 91.0 cm³/mol. The summed E-state index contributed by atoms with van der Waals surface area (Å²) in [4.78, 5) is 9.42. The summed E-state index contributed by atoms with van der Waals surface area (Å²) in [5.41, 5.74) is 4.65. The predicted octanol–water partition coefficient (Wildman–Crippen LogP) is 6.25. The largest absolute Gasteiger partial charge is 0.258 e. The van der Waals surface area contributed by atoms with Crippen molar-refractivity contribution in [1.82, 2.24) is 0 Å². The topological polar surface area (TPSA) is 24.7 Å². The lowest BCUT2D eigenvalue weighted by molar-refractivity contribution is 0.965. The van der Waals surface area contributed by atoms with Crippen molar-refractivity contribution in [2.24, 2.45) is 9.98 Å².